The molecule has 4 amide bonds. The fourth-order valence-corrected chi connectivity index (χ4v) is 7.94. The molecule has 3 aliphatic heterocycles. The van der Waals surface area contributed by atoms with Crippen LogP contribution in [0, 0.1) is 5.41 Å². The summed E-state index contributed by atoms with van der Waals surface area (Å²) in [5, 5.41) is 2.66. The standard InChI is InChI=1S/C41H57ClF3N7O6/c1-40(2,37(54)57-23-22-48(3)4)15-21-49(5)29-11-16-50(17-12-29)36(53)34(26-27-24-31(41(43,44)45)35(46)32(42)25-27)58-39(56)51-18-13-30(14-19-51)52-20-10-28-8-6-7-9-33(28)47-38(52)55/h6-9,24-25,29-30,34H,10-23,26,46H2,1-5H3,(H,47,55)/t34-/m1/s1. The highest BCUT2D eigenvalue weighted by Crippen LogP contribution is 2.38. The summed E-state index contributed by atoms with van der Waals surface area (Å²) in [5.74, 6) is -0.776. The van der Waals surface area contributed by atoms with Crippen molar-refractivity contribution in [2.75, 3.05) is 84.6 Å². The number of carbonyl (C=O) groups excluding carboxylic acids is 4. The summed E-state index contributed by atoms with van der Waals surface area (Å²) >= 11 is 6.14. The van der Waals surface area contributed by atoms with Gasteiger partial charge in [0.25, 0.3) is 5.91 Å². The third-order valence-corrected chi connectivity index (χ3v) is 11.9. The molecule has 2 aromatic carbocycles. The predicted molar refractivity (Wildman–Crippen MR) is 215 cm³/mol. The van der Waals surface area contributed by atoms with Crippen LogP contribution in [0.4, 0.5) is 34.1 Å². The van der Waals surface area contributed by atoms with Gasteiger partial charge in [0.1, 0.15) is 6.61 Å². The van der Waals surface area contributed by atoms with Gasteiger partial charge in [-0.05, 0) is 109 Å². The van der Waals surface area contributed by atoms with Crippen molar-refractivity contribution in [3.63, 3.8) is 0 Å². The van der Waals surface area contributed by atoms with Crippen LogP contribution in [-0.2, 0) is 38.1 Å². The van der Waals surface area contributed by atoms with Crippen LogP contribution < -0.4 is 11.1 Å². The monoisotopic (exact) mass is 835 g/mol. The summed E-state index contributed by atoms with van der Waals surface area (Å²) in [6, 6.07) is 9.54. The number of nitrogen functional groups attached to an aromatic ring is 1. The fourth-order valence-electron chi connectivity index (χ4n) is 7.70. The van der Waals surface area contributed by atoms with Crippen LogP contribution in [0.1, 0.15) is 62.6 Å². The van der Waals surface area contributed by atoms with Crippen LogP contribution in [0.5, 0.6) is 0 Å². The Hall–Kier alpha value is -4.28. The molecule has 3 aliphatic rings. The number of carbonyl (C=O) groups is 4. The van der Waals surface area contributed by atoms with Crippen LogP contribution in [-0.4, -0.2) is 140 Å². The molecule has 0 bridgehead atoms. The number of para-hydroxylation sites is 1. The van der Waals surface area contributed by atoms with Gasteiger partial charge < -0.3 is 45.0 Å². The van der Waals surface area contributed by atoms with Gasteiger partial charge in [-0.1, -0.05) is 29.8 Å². The zero-order valence-electron chi connectivity index (χ0n) is 34.1. The zero-order chi connectivity index (χ0) is 42.4. The molecule has 2 saturated heterocycles. The molecule has 320 valence electrons. The molecule has 13 nitrogen and oxygen atoms in total. The smallest absolute Gasteiger partial charge is 0.418 e. The van der Waals surface area contributed by atoms with E-state index < -0.39 is 40.9 Å². The van der Waals surface area contributed by atoms with Crippen molar-refractivity contribution in [2.45, 2.75) is 83.2 Å². The number of amides is 4. The van der Waals surface area contributed by atoms with E-state index in [1.54, 1.807) is 9.80 Å². The molecule has 1 atom stereocenters. The van der Waals surface area contributed by atoms with E-state index in [4.69, 9.17) is 26.8 Å². The summed E-state index contributed by atoms with van der Waals surface area (Å²) in [6.07, 6.45) is -3.92. The quantitative estimate of drug-likeness (QED) is 0.184. The number of halogens is 4. The first kappa shape index (κ1) is 44.8. The molecule has 0 radical (unpaired) electrons. The Labute approximate surface area is 343 Å². The van der Waals surface area contributed by atoms with Crippen LogP contribution >= 0.6 is 11.6 Å². The first-order valence-electron chi connectivity index (χ1n) is 19.9. The Kier molecular flexibility index (Phi) is 14.8. The molecule has 17 heteroatoms. The maximum atomic E-state index is 14.1. The minimum absolute atomic E-state index is 0.0435. The number of urea groups is 1. The van der Waals surface area contributed by atoms with E-state index in [-0.39, 0.29) is 54.2 Å². The van der Waals surface area contributed by atoms with Crippen molar-refractivity contribution in [3.05, 3.63) is 58.1 Å². The summed E-state index contributed by atoms with van der Waals surface area (Å²) in [7, 11) is 5.80. The maximum Gasteiger partial charge on any atom is 0.418 e. The zero-order valence-corrected chi connectivity index (χ0v) is 34.8. The van der Waals surface area contributed by atoms with E-state index in [0.29, 0.717) is 77.9 Å². The van der Waals surface area contributed by atoms with Gasteiger partial charge in [0.05, 0.1) is 21.7 Å². The van der Waals surface area contributed by atoms with E-state index in [1.807, 2.05) is 64.2 Å². The number of ether oxygens (including phenoxy) is 2. The third kappa shape index (κ3) is 11.5. The molecule has 0 spiro atoms. The number of piperidine rings is 2. The second kappa shape index (κ2) is 19.2. The van der Waals surface area contributed by atoms with Gasteiger partial charge >= 0.3 is 24.3 Å². The van der Waals surface area contributed by atoms with Crippen LogP contribution in [0.3, 0.4) is 0 Å². The van der Waals surface area contributed by atoms with Crippen molar-refractivity contribution < 1.29 is 41.8 Å². The number of nitrogens with one attached hydrogen (secondary N) is 1. The van der Waals surface area contributed by atoms with Gasteiger partial charge in [0.15, 0.2) is 6.10 Å². The lowest BCUT2D eigenvalue weighted by atomic mass is 9.89. The first-order chi connectivity index (χ1) is 27.3. The van der Waals surface area contributed by atoms with E-state index >= 15 is 0 Å². The molecule has 2 fully saturated rings. The number of hydrogen-bond acceptors (Lipinski definition) is 9. The number of likely N-dealkylation sites (N-methyl/N-ethyl adjacent to an activating group) is 1. The van der Waals surface area contributed by atoms with Crippen LogP contribution in [0.2, 0.25) is 5.02 Å². The van der Waals surface area contributed by atoms with Gasteiger partial charge in [0.2, 0.25) is 0 Å². The number of benzene rings is 2. The second-order valence-corrected chi connectivity index (χ2v) is 16.9. The average molecular weight is 836 g/mol. The number of anilines is 2. The summed E-state index contributed by atoms with van der Waals surface area (Å²) in [6.45, 7) is 7.02. The molecular weight excluding hydrogens is 779 g/mol. The molecule has 0 saturated carbocycles. The molecule has 3 N–H and O–H groups in total. The number of esters is 1. The molecule has 2 aromatic rings. The number of rotatable bonds is 13. The molecule has 3 heterocycles. The lowest BCUT2D eigenvalue weighted by Gasteiger charge is -2.39. The van der Waals surface area contributed by atoms with Crippen LogP contribution in [0.15, 0.2) is 36.4 Å². The number of hydrogen-bond donors (Lipinski definition) is 2. The van der Waals surface area contributed by atoms with Gasteiger partial charge in [-0.15, -0.1) is 0 Å². The Bertz CT molecular complexity index is 1780. The average Bonchev–Trinajstić information content (AvgIpc) is 3.35. The topological polar surface area (TPSA) is 141 Å². The van der Waals surface area contributed by atoms with Gasteiger partial charge in [0, 0.05) is 63.5 Å². The Morgan fingerprint density at radius 2 is 1.62 bits per heavy atom. The van der Waals surface area contributed by atoms with E-state index in [0.717, 1.165) is 17.3 Å². The minimum atomic E-state index is -4.80. The van der Waals surface area contributed by atoms with E-state index in [2.05, 4.69) is 10.2 Å². The highest BCUT2D eigenvalue weighted by Gasteiger charge is 2.38. The van der Waals surface area contributed by atoms with E-state index in [9.17, 15) is 32.3 Å². The summed E-state index contributed by atoms with van der Waals surface area (Å²) in [4.78, 5) is 62.7. The number of likely N-dealkylation sites (tertiary alicyclic amines) is 2. The van der Waals surface area contributed by atoms with Crippen molar-refractivity contribution in [1.29, 1.82) is 0 Å². The number of fused-ring (bicyclic) bond motifs is 1. The van der Waals surface area contributed by atoms with Gasteiger partial charge in [-0.3, -0.25) is 9.59 Å². The van der Waals surface area contributed by atoms with Crippen molar-refractivity contribution in [1.82, 2.24) is 24.5 Å². The maximum absolute atomic E-state index is 14.1. The fraction of sp³-hybridized carbons (Fsp3) is 0.610. The Balaban J connectivity index is 1.21. The molecule has 0 aliphatic carbocycles. The third-order valence-electron chi connectivity index (χ3n) is 11.6. The number of nitrogens with zero attached hydrogens (tertiary/aromatic N) is 5. The minimum Gasteiger partial charge on any atom is -0.464 e. The molecular formula is C41H57ClF3N7O6. The molecule has 0 unspecified atom stereocenters. The predicted octanol–water partition coefficient (Wildman–Crippen LogP) is 5.99. The van der Waals surface area contributed by atoms with Crippen molar-refractivity contribution in [3.8, 4) is 0 Å². The van der Waals surface area contributed by atoms with Gasteiger partial charge in [-0.2, -0.15) is 13.2 Å². The van der Waals surface area contributed by atoms with Gasteiger partial charge in [-0.25, -0.2) is 9.59 Å². The SMILES string of the molecule is CN(C)CCOC(=O)C(C)(C)CCN(C)C1CCN(C(=O)[C@@H](Cc2cc(Cl)c(N)c(C(F)(F)F)c2)OC(=O)N2CCC(N3CCc4ccccc4NC3=O)CC2)CC1. The second-order valence-electron chi connectivity index (χ2n) is 16.5. The first-order valence-corrected chi connectivity index (χ1v) is 20.3. The number of nitrogens with two attached hydrogens (primary N) is 1. The van der Waals surface area contributed by atoms with Crippen LogP contribution in [0.25, 0.3) is 0 Å². The summed E-state index contributed by atoms with van der Waals surface area (Å²) < 4.78 is 53.1. The molecule has 5 rings (SSSR count). The Morgan fingerprint density at radius 3 is 2.28 bits per heavy atom. The largest absolute Gasteiger partial charge is 0.464 e. The van der Waals surface area contributed by atoms with Crippen molar-refractivity contribution in [2.24, 2.45) is 5.41 Å². The van der Waals surface area contributed by atoms with E-state index in [1.165, 1.54) is 11.0 Å². The molecule has 58 heavy (non-hydrogen) atoms. The molecule has 0 aromatic heterocycles. The normalized spacial score (nSPS) is 17.8. The lowest BCUT2D eigenvalue weighted by Crippen LogP contribution is -2.52. The van der Waals surface area contributed by atoms with Crippen molar-refractivity contribution >= 4 is 47.0 Å². The highest BCUT2D eigenvalue weighted by molar-refractivity contribution is 6.33. The summed E-state index contributed by atoms with van der Waals surface area (Å²) in [5.41, 5.74) is 5.10. The highest BCUT2D eigenvalue weighted by atomic mass is 35.5. The number of alkyl halides is 3. The Morgan fingerprint density at radius 1 is 0.966 bits per heavy atom. The lowest BCUT2D eigenvalue weighted by molar-refractivity contribution is -0.155.